The summed E-state index contributed by atoms with van der Waals surface area (Å²) in [5.41, 5.74) is 5.57. The van der Waals surface area contributed by atoms with Crippen LogP contribution in [0.2, 0.25) is 0 Å². The maximum Gasteiger partial charge on any atom is 0.320 e. The summed E-state index contributed by atoms with van der Waals surface area (Å²) >= 11 is 0. The fourth-order valence-corrected chi connectivity index (χ4v) is 3.44. The molecule has 6 nitrogen and oxygen atoms in total. The number of carboxylic acid groups (broad SMARTS) is 1. The van der Waals surface area contributed by atoms with Gasteiger partial charge in [0.25, 0.3) is 0 Å². The molecule has 2 unspecified atom stereocenters. The van der Waals surface area contributed by atoms with Crippen molar-refractivity contribution in [3.8, 4) is 0 Å². The average molecular weight is 250 g/mol. The second-order valence-corrected chi connectivity index (χ2v) is 6.19. The van der Waals surface area contributed by atoms with E-state index in [1.165, 1.54) is 11.4 Å². The van der Waals surface area contributed by atoms with Crippen LogP contribution >= 0.6 is 0 Å². The first kappa shape index (κ1) is 13.4. The topological polar surface area (TPSA) is 101 Å². The molecule has 1 fully saturated rings. The van der Waals surface area contributed by atoms with Crippen LogP contribution in [0.4, 0.5) is 0 Å². The van der Waals surface area contributed by atoms with Crippen LogP contribution in [0.1, 0.15) is 19.3 Å². The largest absolute Gasteiger partial charge is 0.480 e. The highest BCUT2D eigenvalue weighted by Gasteiger charge is 2.35. The van der Waals surface area contributed by atoms with Gasteiger partial charge in [-0.2, -0.15) is 0 Å². The normalized spacial score (nSPS) is 26.2. The second kappa shape index (κ2) is 5.11. The van der Waals surface area contributed by atoms with Crippen LogP contribution < -0.4 is 5.73 Å². The van der Waals surface area contributed by atoms with Gasteiger partial charge in [-0.3, -0.25) is 4.79 Å². The molecule has 16 heavy (non-hydrogen) atoms. The van der Waals surface area contributed by atoms with Gasteiger partial charge in [-0.25, -0.2) is 12.7 Å². The summed E-state index contributed by atoms with van der Waals surface area (Å²) in [6.45, 7) is 0.442. The van der Waals surface area contributed by atoms with Crippen molar-refractivity contribution in [2.45, 2.75) is 25.3 Å². The number of aliphatic carboxylic acids is 1. The summed E-state index contributed by atoms with van der Waals surface area (Å²) in [5, 5.41) is 8.53. The van der Waals surface area contributed by atoms with Gasteiger partial charge in [0.05, 0.1) is 0 Å². The molecule has 0 aromatic carbocycles. The van der Waals surface area contributed by atoms with E-state index in [-0.39, 0.29) is 12.0 Å². The van der Waals surface area contributed by atoms with E-state index in [4.69, 9.17) is 10.8 Å². The van der Waals surface area contributed by atoms with Crippen molar-refractivity contribution in [3.63, 3.8) is 0 Å². The fraction of sp³-hybridized carbons (Fsp3) is 0.889. The molecular weight excluding hydrogens is 232 g/mol. The zero-order valence-electron chi connectivity index (χ0n) is 9.30. The molecule has 1 aliphatic rings. The predicted octanol–water partition coefficient (Wildman–Crippen LogP) is -0.540. The quantitative estimate of drug-likeness (QED) is 0.682. The number of nitrogens with two attached hydrogens (primary N) is 1. The molecule has 0 aromatic heterocycles. The number of carboxylic acids is 1. The molecule has 3 N–H and O–H groups in total. The van der Waals surface area contributed by atoms with Gasteiger partial charge < -0.3 is 10.8 Å². The number of sulfonamides is 1. The standard InChI is InChI=1S/C9H18N2O4S/c1-11(16(14,15)6-9(12)13)8-4-2-3-7(8)5-10/h7-8H,2-6,10H2,1H3,(H,12,13). The van der Waals surface area contributed by atoms with E-state index < -0.39 is 21.7 Å². The molecule has 0 spiro atoms. The third-order valence-electron chi connectivity index (χ3n) is 3.13. The molecule has 1 saturated carbocycles. The molecule has 0 radical (unpaired) electrons. The number of nitrogens with zero attached hydrogens (tertiary/aromatic N) is 1. The van der Waals surface area contributed by atoms with Gasteiger partial charge in [-0.1, -0.05) is 6.42 Å². The van der Waals surface area contributed by atoms with Crippen LogP contribution in [0.3, 0.4) is 0 Å². The van der Waals surface area contributed by atoms with E-state index in [9.17, 15) is 13.2 Å². The van der Waals surface area contributed by atoms with Crippen LogP contribution in [-0.2, 0) is 14.8 Å². The van der Waals surface area contributed by atoms with Gasteiger partial charge in [-0.05, 0) is 25.3 Å². The highest BCUT2D eigenvalue weighted by Crippen LogP contribution is 2.29. The Morgan fingerprint density at radius 1 is 1.50 bits per heavy atom. The Labute approximate surface area is 95.5 Å². The molecular formula is C9H18N2O4S. The van der Waals surface area contributed by atoms with Gasteiger partial charge >= 0.3 is 5.97 Å². The molecule has 7 heteroatoms. The minimum atomic E-state index is -3.71. The minimum absolute atomic E-state index is 0.144. The smallest absolute Gasteiger partial charge is 0.320 e. The molecule has 2 atom stereocenters. The first-order valence-electron chi connectivity index (χ1n) is 5.26. The van der Waals surface area contributed by atoms with Gasteiger partial charge in [0.1, 0.15) is 0 Å². The predicted molar refractivity (Wildman–Crippen MR) is 59.4 cm³/mol. The number of hydrogen-bond acceptors (Lipinski definition) is 4. The molecule has 0 aliphatic heterocycles. The molecule has 0 bridgehead atoms. The van der Waals surface area contributed by atoms with Crippen LogP contribution in [0.5, 0.6) is 0 Å². The van der Waals surface area contributed by atoms with E-state index >= 15 is 0 Å². The Kier molecular flexibility index (Phi) is 4.28. The lowest BCUT2D eigenvalue weighted by atomic mass is 10.0. The lowest BCUT2D eigenvalue weighted by Gasteiger charge is -2.27. The van der Waals surface area contributed by atoms with E-state index in [1.54, 1.807) is 0 Å². The van der Waals surface area contributed by atoms with Gasteiger partial charge in [0, 0.05) is 13.1 Å². The molecule has 94 valence electrons. The third kappa shape index (κ3) is 2.93. The maximum atomic E-state index is 11.7. The highest BCUT2D eigenvalue weighted by atomic mass is 32.2. The number of rotatable bonds is 5. The van der Waals surface area contributed by atoms with E-state index in [2.05, 4.69) is 0 Å². The summed E-state index contributed by atoms with van der Waals surface area (Å²) < 4.78 is 24.6. The van der Waals surface area contributed by atoms with Crippen LogP contribution in [-0.4, -0.2) is 49.2 Å². The first-order chi connectivity index (χ1) is 7.38. The summed E-state index contributed by atoms with van der Waals surface area (Å²) in [6, 6.07) is -0.144. The highest BCUT2D eigenvalue weighted by molar-refractivity contribution is 7.89. The van der Waals surface area contributed by atoms with E-state index in [0.717, 1.165) is 19.3 Å². The molecule has 0 amide bonds. The summed E-state index contributed by atoms with van der Waals surface area (Å²) in [6.07, 6.45) is 2.62. The zero-order chi connectivity index (χ0) is 12.3. The molecule has 0 aromatic rings. The monoisotopic (exact) mass is 250 g/mol. The van der Waals surface area contributed by atoms with E-state index in [0.29, 0.717) is 6.54 Å². The van der Waals surface area contributed by atoms with E-state index in [1.807, 2.05) is 0 Å². The maximum absolute atomic E-state index is 11.7. The second-order valence-electron chi connectivity index (χ2n) is 4.16. The average Bonchev–Trinajstić information content (AvgIpc) is 2.61. The van der Waals surface area contributed by atoms with Crippen LogP contribution in [0, 0.1) is 5.92 Å². The SMILES string of the molecule is CN(C1CCCC1CN)S(=O)(=O)CC(=O)O. The fourth-order valence-electron chi connectivity index (χ4n) is 2.24. The van der Waals surface area contributed by atoms with Gasteiger partial charge in [0.15, 0.2) is 5.75 Å². The van der Waals surface area contributed by atoms with Gasteiger partial charge in [-0.15, -0.1) is 0 Å². The minimum Gasteiger partial charge on any atom is -0.480 e. The number of carbonyl (C=O) groups is 1. The Morgan fingerprint density at radius 2 is 2.12 bits per heavy atom. The molecule has 1 rings (SSSR count). The third-order valence-corrected chi connectivity index (χ3v) is 4.89. The Morgan fingerprint density at radius 3 is 2.62 bits per heavy atom. The van der Waals surface area contributed by atoms with Crippen LogP contribution in [0.25, 0.3) is 0 Å². The Balaban J connectivity index is 2.76. The van der Waals surface area contributed by atoms with Crippen LogP contribution in [0.15, 0.2) is 0 Å². The summed E-state index contributed by atoms with van der Waals surface area (Å²) in [5.74, 6) is -2.03. The lowest BCUT2D eigenvalue weighted by Crippen LogP contribution is -2.43. The van der Waals surface area contributed by atoms with Crippen molar-refractivity contribution in [2.24, 2.45) is 11.7 Å². The summed E-state index contributed by atoms with van der Waals surface area (Å²) in [4.78, 5) is 10.5. The van der Waals surface area contributed by atoms with Crippen molar-refractivity contribution < 1.29 is 18.3 Å². The number of hydrogen-bond donors (Lipinski definition) is 2. The zero-order valence-corrected chi connectivity index (χ0v) is 10.1. The lowest BCUT2D eigenvalue weighted by molar-refractivity contribution is -0.134. The first-order valence-corrected chi connectivity index (χ1v) is 6.87. The molecule has 0 heterocycles. The Hall–Kier alpha value is -0.660. The van der Waals surface area contributed by atoms with Crippen molar-refractivity contribution in [1.82, 2.24) is 4.31 Å². The molecule has 1 aliphatic carbocycles. The van der Waals surface area contributed by atoms with Crippen molar-refractivity contribution in [1.29, 1.82) is 0 Å². The van der Waals surface area contributed by atoms with Crippen molar-refractivity contribution in [2.75, 3.05) is 19.3 Å². The molecule has 0 saturated heterocycles. The summed E-state index contributed by atoms with van der Waals surface area (Å²) in [7, 11) is -2.27. The van der Waals surface area contributed by atoms with Crippen molar-refractivity contribution in [3.05, 3.63) is 0 Å². The Bertz CT molecular complexity index is 355. The van der Waals surface area contributed by atoms with Crippen molar-refractivity contribution >= 4 is 16.0 Å². The van der Waals surface area contributed by atoms with Gasteiger partial charge in [0.2, 0.25) is 10.0 Å².